The number of halogens is 3. The largest absolute Gasteiger partial charge is 0.205 e. The molecule has 0 nitrogen and oxygen atoms in total. The Hall–Kier alpha value is -0.120. The Kier molecular flexibility index (Phi) is 2.10. The Balaban J connectivity index is 2.97. The molecule has 0 fully saturated rings. The maximum Gasteiger partial charge on any atom is 0.143 e. The molecule has 0 aliphatic heterocycles. The molecule has 0 spiro atoms. The molecular formula is C8H3BrClFS. The van der Waals surface area contributed by atoms with E-state index in [1.54, 1.807) is 0 Å². The Morgan fingerprint density at radius 1 is 1.50 bits per heavy atom. The van der Waals surface area contributed by atoms with Crippen molar-refractivity contribution in [3.63, 3.8) is 0 Å². The summed E-state index contributed by atoms with van der Waals surface area (Å²) in [5, 5.41) is 2.86. The van der Waals surface area contributed by atoms with E-state index in [2.05, 4.69) is 15.9 Å². The van der Waals surface area contributed by atoms with E-state index < -0.39 is 0 Å². The van der Waals surface area contributed by atoms with Gasteiger partial charge in [0.05, 0.1) is 9.72 Å². The Bertz CT molecular complexity index is 438. The van der Waals surface area contributed by atoms with Gasteiger partial charge in [-0.05, 0) is 33.4 Å². The van der Waals surface area contributed by atoms with Gasteiger partial charge in [0.2, 0.25) is 0 Å². The molecule has 0 bridgehead atoms. The number of hydrogen-bond acceptors (Lipinski definition) is 1. The second-order valence-corrected chi connectivity index (χ2v) is 4.47. The number of benzene rings is 1. The fraction of sp³-hybridized carbons (Fsp3) is 0. The van der Waals surface area contributed by atoms with Crippen LogP contribution in [0.2, 0.25) is 5.02 Å². The first-order valence-corrected chi connectivity index (χ1v) is 5.26. The van der Waals surface area contributed by atoms with Crippen LogP contribution in [-0.4, -0.2) is 0 Å². The average molecular weight is 266 g/mol. The topological polar surface area (TPSA) is 0 Å². The van der Waals surface area contributed by atoms with Gasteiger partial charge in [-0.15, -0.1) is 11.3 Å². The van der Waals surface area contributed by atoms with Crippen LogP contribution in [0, 0.1) is 5.82 Å². The number of hydrogen-bond donors (Lipinski definition) is 0. The van der Waals surface area contributed by atoms with E-state index in [9.17, 15) is 4.39 Å². The minimum Gasteiger partial charge on any atom is -0.205 e. The normalized spacial score (nSPS) is 10.9. The van der Waals surface area contributed by atoms with Crippen molar-refractivity contribution in [1.29, 1.82) is 0 Å². The molecule has 1 aromatic heterocycles. The summed E-state index contributed by atoms with van der Waals surface area (Å²) in [6, 6.07) is 3.21. The van der Waals surface area contributed by atoms with Gasteiger partial charge in [-0.25, -0.2) is 4.39 Å². The molecular weight excluding hydrogens is 263 g/mol. The maximum absolute atomic E-state index is 13.0. The van der Waals surface area contributed by atoms with E-state index >= 15 is 0 Å². The average Bonchev–Trinajstić information content (AvgIpc) is 2.48. The van der Waals surface area contributed by atoms with Gasteiger partial charge >= 0.3 is 0 Å². The van der Waals surface area contributed by atoms with Crippen molar-refractivity contribution in [2.45, 2.75) is 0 Å². The van der Waals surface area contributed by atoms with Gasteiger partial charge in [0.1, 0.15) is 5.82 Å². The molecule has 0 aliphatic carbocycles. The molecule has 2 aromatic rings. The summed E-state index contributed by atoms with van der Waals surface area (Å²) in [7, 11) is 0. The van der Waals surface area contributed by atoms with Crippen molar-refractivity contribution in [1.82, 2.24) is 0 Å². The van der Waals surface area contributed by atoms with E-state index in [0.29, 0.717) is 0 Å². The van der Waals surface area contributed by atoms with Gasteiger partial charge in [0.25, 0.3) is 0 Å². The van der Waals surface area contributed by atoms with Gasteiger partial charge in [0.15, 0.2) is 0 Å². The second kappa shape index (κ2) is 2.98. The second-order valence-electron chi connectivity index (χ2n) is 2.32. The lowest BCUT2D eigenvalue weighted by Gasteiger charge is -1.98. The molecule has 4 heteroatoms. The lowest BCUT2D eigenvalue weighted by atomic mass is 10.2. The molecule has 1 heterocycles. The lowest BCUT2D eigenvalue weighted by molar-refractivity contribution is 0.629. The van der Waals surface area contributed by atoms with Crippen molar-refractivity contribution in [3.05, 3.63) is 32.8 Å². The lowest BCUT2D eigenvalue weighted by Crippen LogP contribution is -1.77. The minimum absolute atomic E-state index is 0.203. The number of fused-ring (bicyclic) bond motifs is 1. The smallest absolute Gasteiger partial charge is 0.143 e. The van der Waals surface area contributed by atoms with E-state index in [4.69, 9.17) is 11.6 Å². The highest BCUT2D eigenvalue weighted by Gasteiger charge is 2.09. The van der Waals surface area contributed by atoms with Gasteiger partial charge < -0.3 is 0 Å². The van der Waals surface area contributed by atoms with Crippen LogP contribution in [0.1, 0.15) is 0 Å². The summed E-state index contributed by atoms with van der Waals surface area (Å²) in [4.78, 5) is 0. The third kappa shape index (κ3) is 1.16. The molecule has 12 heavy (non-hydrogen) atoms. The molecule has 62 valence electrons. The van der Waals surface area contributed by atoms with Gasteiger partial charge in [-0.1, -0.05) is 11.6 Å². The molecule has 2 rings (SSSR count). The fourth-order valence-electron chi connectivity index (χ4n) is 1.04. The molecule has 0 saturated carbocycles. The Morgan fingerprint density at radius 3 is 3.00 bits per heavy atom. The molecule has 0 aliphatic rings. The predicted molar refractivity (Wildman–Crippen MR) is 54.5 cm³/mol. The quantitative estimate of drug-likeness (QED) is 0.617. The first-order chi connectivity index (χ1) is 5.70. The van der Waals surface area contributed by atoms with Gasteiger partial charge in [-0.2, -0.15) is 0 Å². The van der Waals surface area contributed by atoms with Crippen LogP contribution < -0.4 is 0 Å². The van der Waals surface area contributed by atoms with Crippen molar-refractivity contribution in [2.75, 3.05) is 0 Å². The van der Waals surface area contributed by atoms with E-state index in [1.165, 1.54) is 17.4 Å². The van der Waals surface area contributed by atoms with Gasteiger partial charge in [-0.3, -0.25) is 0 Å². The zero-order chi connectivity index (χ0) is 8.72. The standard InChI is InChI=1S/C8H3BrClFS/c9-5-3-6(11)7(10)4-1-2-12-8(4)5/h1-3H. The molecule has 0 unspecified atom stereocenters. The molecule has 1 aromatic carbocycles. The zero-order valence-electron chi connectivity index (χ0n) is 5.77. The van der Waals surface area contributed by atoms with E-state index in [0.717, 1.165) is 14.6 Å². The third-order valence-electron chi connectivity index (χ3n) is 1.58. The van der Waals surface area contributed by atoms with Crippen LogP contribution >= 0.6 is 38.9 Å². The van der Waals surface area contributed by atoms with Crippen LogP contribution in [0.25, 0.3) is 10.1 Å². The van der Waals surface area contributed by atoms with Crippen molar-refractivity contribution >= 4 is 49.0 Å². The van der Waals surface area contributed by atoms with Crippen molar-refractivity contribution in [3.8, 4) is 0 Å². The first-order valence-electron chi connectivity index (χ1n) is 3.21. The highest BCUT2D eigenvalue weighted by atomic mass is 79.9. The van der Waals surface area contributed by atoms with Crippen LogP contribution in [0.5, 0.6) is 0 Å². The van der Waals surface area contributed by atoms with E-state index in [1.807, 2.05) is 11.4 Å². The Labute approximate surface area is 86.1 Å². The molecule has 0 amide bonds. The molecule has 0 radical (unpaired) electrons. The van der Waals surface area contributed by atoms with Crippen LogP contribution in [0.4, 0.5) is 4.39 Å². The number of thiophene rings is 1. The summed E-state index contributed by atoms with van der Waals surface area (Å²) in [6.45, 7) is 0. The summed E-state index contributed by atoms with van der Waals surface area (Å²) >= 11 is 10.6. The highest BCUT2D eigenvalue weighted by molar-refractivity contribution is 9.10. The van der Waals surface area contributed by atoms with E-state index in [-0.39, 0.29) is 10.8 Å². The first kappa shape index (κ1) is 8.48. The molecule has 0 saturated heterocycles. The van der Waals surface area contributed by atoms with Crippen molar-refractivity contribution < 1.29 is 4.39 Å². The minimum atomic E-state index is -0.380. The van der Waals surface area contributed by atoms with Crippen LogP contribution in [-0.2, 0) is 0 Å². The summed E-state index contributed by atoms with van der Waals surface area (Å²) in [5.41, 5.74) is 0. The fourth-order valence-corrected chi connectivity index (χ4v) is 2.81. The monoisotopic (exact) mass is 264 g/mol. The maximum atomic E-state index is 13.0. The summed E-state index contributed by atoms with van der Waals surface area (Å²) in [6.07, 6.45) is 0. The van der Waals surface area contributed by atoms with Crippen LogP contribution in [0.15, 0.2) is 22.0 Å². The molecule has 0 atom stereocenters. The third-order valence-corrected chi connectivity index (χ3v) is 3.80. The van der Waals surface area contributed by atoms with Crippen molar-refractivity contribution in [2.24, 2.45) is 0 Å². The predicted octanol–water partition coefficient (Wildman–Crippen LogP) is 4.46. The van der Waals surface area contributed by atoms with Gasteiger partial charge in [0, 0.05) is 9.86 Å². The molecule has 0 N–H and O–H groups in total. The summed E-state index contributed by atoms with van der Waals surface area (Å²) in [5.74, 6) is -0.380. The van der Waals surface area contributed by atoms with Crippen LogP contribution in [0.3, 0.4) is 0 Å². The SMILES string of the molecule is Fc1cc(Br)c2sccc2c1Cl. The highest BCUT2D eigenvalue weighted by Crippen LogP contribution is 2.35. The number of rotatable bonds is 0. The summed E-state index contributed by atoms with van der Waals surface area (Å²) < 4.78 is 14.8. The zero-order valence-corrected chi connectivity index (χ0v) is 8.93. The Morgan fingerprint density at radius 2 is 2.25 bits per heavy atom.